The van der Waals surface area contributed by atoms with E-state index in [4.69, 9.17) is 5.73 Å². The maximum atomic E-state index is 11.7. The lowest BCUT2D eigenvalue weighted by Gasteiger charge is -2.15. The highest BCUT2D eigenvalue weighted by Crippen LogP contribution is 2.09. The van der Waals surface area contributed by atoms with Crippen molar-refractivity contribution in [2.75, 3.05) is 30.7 Å². The van der Waals surface area contributed by atoms with E-state index < -0.39 is 0 Å². The average Bonchev–Trinajstić information content (AvgIpc) is 2.85. The zero-order chi connectivity index (χ0) is 12.1. The molecule has 6 heteroatoms. The van der Waals surface area contributed by atoms with Gasteiger partial charge in [-0.05, 0) is 12.8 Å². The maximum Gasteiger partial charge on any atom is 0.224 e. The molecule has 1 aliphatic rings. The lowest BCUT2D eigenvalue weighted by molar-refractivity contribution is -0.129. The topological polar surface area (TPSA) is 84.1 Å². The van der Waals surface area contributed by atoms with Gasteiger partial charge >= 0.3 is 0 Å². The number of amides is 1. The van der Waals surface area contributed by atoms with Gasteiger partial charge in [0.15, 0.2) is 0 Å². The van der Waals surface area contributed by atoms with Gasteiger partial charge in [0.1, 0.15) is 0 Å². The second-order valence-electron chi connectivity index (χ2n) is 4.10. The van der Waals surface area contributed by atoms with Gasteiger partial charge in [-0.2, -0.15) is 0 Å². The van der Waals surface area contributed by atoms with Crippen LogP contribution in [0.25, 0.3) is 0 Å². The van der Waals surface area contributed by atoms with Crippen LogP contribution < -0.4 is 11.1 Å². The summed E-state index contributed by atoms with van der Waals surface area (Å²) in [6.45, 7) is 2.35. The molecule has 3 N–H and O–H groups in total. The minimum Gasteiger partial charge on any atom is -0.396 e. The molecule has 92 valence electrons. The van der Waals surface area contributed by atoms with Crippen LogP contribution in [0, 0.1) is 0 Å². The molecule has 0 atom stereocenters. The van der Waals surface area contributed by atoms with Crippen molar-refractivity contribution in [2.24, 2.45) is 0 Å². The minimum absolute atomic E-state index is 0.199. The monoisotopic (exact) mass is 235 g/mol. The lowest BCUT2D eigenvalue weighted by Crippen LogP contribution is -2.29. The van der Waals surface area contributed by atoms with Gasteiger partial charge in [-0.25, -0.2) is 9.97 Å². The number of nitrogens with two attached hydrogens (primary N) is 1. The number of nitrogen functional groups attached to an aromatic ring is 1. The number of rotatable bonds is 4. The quantitative estimate of drug-likeness (QED) is 0.793. The van der Waals surface area contributed by atoms with Gasteiger partial charge in [-0.15, -0.1) is 0 Å². The first-order valence-electron chi connectivity index (χ1n) is 5.85. The van der Waals surface area contributed by atoms with Crippen molar-refractivity contribution in [3.63, 3.8) is 0 Å². The molecule has 1 aliphatic heterocycles. The average molecular weight is 235 g/mol. The van der Waals surface area contributed by atoms with E-state index in [0.717, 1.165) is 25.9 Å². The number of carbonyl (C=O) groups excluding carboxylic acids is 1. The summed E-state index contributed by atoms with van der Waals surface area (Å²) < 4.78 is 0. The van der Waals surface area contributed by atoms with Crippen LogP contribution in [0.4, 0.5) is 11.6 Å². The normalized spacial score (nSPS) is 14.9. The van der Waals surface area contributed by atoms with Crippen molar-refractivity contribution in [1.29, 1.82) is 0 Å². The smallest absolute Gasteiger partial charge is 0.224 e. The number of aromatic nitrogens is 2. The summed E-state index contributed by atoms with van der Waals surface area (Å²) in [6, 6.07) is 0. The first-order chi connectivity index (χ1) is 8.25. The van der Waals surface area contributed by atoms with Gasteiger partial charge in [0.25, 0.3) is 0 Å². The van der Waals surface area contributed by atoms with Crippen LogP contribution in [0.1, 0.15) is 19.3 Å². The van der Waals surface area contributed by atoms with Crippen molar-refractivity contribution in [1.82, 2.24) is 14.9 Å². The van der Waals surface area contributed by atoms with Crippen LogP contribution in [0.5, 0.6) is 0 Å². The van der Waals surface area contributed by atoms with E-state index in [9.17, 15) is 4.79 Å². The molecule has 2 rings (SSSR count). The molecule has 0 spiro atoms. The predicted molar refractivity (Wildman–Crippen MR) is 65.4 cm³/mol. The van der Waals surface area contributed by atoms with Crippen LogP contribution in [0.2, 0.25) is 0 Å². The predicted octanol–water partition coefficient (Wildman–Crippen LogP) is 0.483. The first-order valence-corrected chi connectivity index (χ1v) is 5.85. The number of nitrogens with zero attached hydrogens (tertiary/aromatic N) is 3. The molecule has 2 heterocycles. The summed E-state index contributed by atoms with van der Waals surface area (Å²) in [5, 5.41) is 3.00. The van der Waals surface area contributed by atoms with E-state index in [2.05, 4.69) is 15.3 Å². The molecule has 1 saturated heterocycles. The van der Waals surface area contributed by atoms with E-state index in [1.165, 1.54) is 12.4 Å². The zero-order valence-electron chi connectivity index (χ0n) is 9.72. The number of hydrogen-bond acceptors (Lipinski definition) is 5. The summed E-state index contributed by atoms with van der Waals surface area (Å²) in [6.07, 6.45) is 5.81. The van der Waals surface area contributed by atoms with E-state index in [-0.39, 0.29) is 5.91 Å². The molecular weight excluding hydrogens is 218 g/mol. The summed E-state index contributed by atoms with van der Waals surface area (Å²) in [4.78, 5) is 21.6. The Hall–Kier alpha value is -1.85. The van der Waals surface area contributed by atoms with Gasteiger partial charge in [-0.1, -0.05) is 0 Å². The van der Waals surface area contributed by atoms with Crippen molar-refractivity contribution >= 4 is 17.5 Å². The fourth-order valence-electron chi connectivity index (χ4n) is 1.84. The maximum absolute atomic E-state index is 11.7. The largest absolute Gasteiger partial charge is 0.396 e. The van der Waals surface area contributed by atoms with Crippen LogP contribution in [-0.2, 0) is 4.79 Å². The molecule has 1 aromatic heterocycles. The Bertz CT molecular complexity index is 372. The number of hydrogen-bond donors (Lipinski definition) is 2. The molecule has 17 heavy (non-hydrogen) atoms. The molecule has 0 aliphatic carbocycles. The molecule has 0 radical (unpaired) electrons. The Morgan fingerprint density at radius 2 is 2.00 bits per heavy atom. The molecular formula is C11H17N5O. The third-order valence-electron chi connectivity index (χ3n) is 2.75. The van der Waals surface area contributed by atoms with Crippen molar-refractivity contribution in [2.45, 2.75) is 19.3 Å². The van der Waals surface area contributed by atoms with E-state index in [0.29, 0.717) is 24.6 Å². The van der Waals surface area contributed by atoms with Crippen LogP contribution >= 0.6 is 0 Å². The van der Waals surface area contributed by atoms with Gasteiger partial charge in [0.05, 0.1) is 18.1 Å². The molecule has 1 aromatic rings. The third kappa shape index (κ3) is 3.30. The Balaban J connectivity index is 1.72. The Kier molecular flexibility index (Phi) is 3.74. The molecule has 0 aromatic carbocycles. The van der Waals surface area contributed by atoms with Gasteiger partial charge in [-0.3, -0.25) is 4.79 Å². The Morgan fingerprint density at radius 3 is 2.65 bits per heavy atom. The molecule has 0 bridgehead atoms. The van der Waals surface area contributed by atoms with Crippen LogP contribution in [-0.4, -0.2) is 40.4 Å². The third-order valence-corrected chi connectivity index (χ3v) is 2.75. The second-order valence-corrected chi connectivity index (χ2v) is 4.10. The molecule has 6 nitrogen and oxygen atoms in total. The van der Waals surface area contributed by atoms with Crippen molar-refractivity contribution in [3.05, 3.63) is 12.4 Å². The summed E-state index contributed by atoms with van der Waals surface area (Å²) >= 11 is 0. The fraction of sp³-hybridized carbons (Fsp3) is 0.545. The SMILES string of the molecule is Nc1cnc(NCCC(=O)N2CCCC2)nc1. The van der Waals surface area contributed by atoms with E-state index in [1.807, 2.05) is 4.90 Å². The highest BCUT2D eigenvalue weighted by molar-refractivity contribution is 5.76. The van der Waals surface area contributed by atoms with Gasteiger partial charge in [0.2, 0.25) is 11.9 Å². The standard InChI is InChI=1S/C11H17N5O/c12-9-7-14-11(15-8-9)13-4-3-10(17)16-5-1-2-6-16/h7-8H,1-6,12H2,(H,13,14,15). The van der Waals surface area contributed by atoms with Crippen LogP contribution in [0.3, 0.4) is 0 Å². The van der Waals surface area contributed by atoms with E-state index >= 15 is 0 Å². The molecule has 0 unspecified atom stereocenters. The van der Waals surface area contributed by atoms with Crippen molar-refractivity contribution < 1.29 is 4.79 Å². The number of nitrogens with one attached hydrogen (secondary N) is 1. The van der Waals surface area contributed by atoms with Gasteiger partial charge < -0.3 is 16.0 Å². The summed E-state index contributed by atoms with van der Waals surface area (Å²) in [5.74, 6) is 0.707. The second kappa shape index (κ2) is 5.47. The van der Waals surface area contributed by atoms with Gasteiger partial charge in [0, 0.05) is 26.1 Å². The molecule has 1 amide bonds. The molecule has 1 fully saturated rings. The summed E-state index contributed by atoms with van der Waals surface area (Å²) in [5.41, 5.74) is 6.00. The minimum atomic E-state index is 0.199. The molecule has 0 saturated carbocycles. The van der Waals surface area contributed by atoms with E-state index in [1.54, 1.807) is 0 Å². The Morgan fingerprint density at radius 1 is 1.35 bits per heavy atom. The first kappa shape index (κ1) is 11.6. The van der Waals surface area contributed by atoms with Crippen LogP contribution in [0.15, 0.2) is 12.4 Å². The van der Waals surface area contributed by atoms with Crippen molar-refractivity contribution in [3.8, 4) is 0 Å². The lowest BCUT2D eigenvalue weighted by atomic mass is 10.3. The number of carbonyl (C=O) groups is 1. The Labute approximate surface area is 100 Å². The highest BCUT2D eigenvalue weighted by Gasteiger charge is 2.16. The number of anilines is 2. The number of likely N-dealkylation sites (tertiary alicyclic amines) is 1. The highest BCUT2D eigenvalue weighted by atomic mass is 16.2. The zero-order valence-corrected chi connectivity index (χ0v) is 9.72. The summed E-state index contributed by atoms with van der Waals surface area (Å²) in [7, 11) is 0. The fourth-order valence-corrected chi connectivity index (χ4v) is 1.84.